The number of nitrogens with zero attached hydrogens (tertiary/aromatic N) is 2. The number of H-pyrrole nitrogens is 1. The van der Waals surface area contributed by atoms with Crippen LogP contribution in [0.15, 0.2) is 16.7 Å². The lowest BCUT2D eigenvalue weighted by Crippen LogP contribution is -2.49. The molecule has 1 aliphatic rings. The molecule has 1 aromatic heterocycles. The molecule has 4 nitrogen and oxygen atoms in total. The third kappa shape index (κ3) is 2.30. The lowest BCUT2D eigenvalue weighted by atomic mass is 9.81. The molecule has 0 saturated heterocycles. The number of rotatable bonds is 2. The molecule has 1 aliphatic carbocycles. The molecule has 96 valence electrons. The van der Waals surface area contributed by atoms with Crippen LogP contribution in [-0.2, 0) is 0 Å². The van der Waals surface area contributed by atoms with Gasteiger partial charge in [-0.25, -0.2) is 0 Å². The van der Waals surface area contributed by atoms with Crippen LogP contribution in [0.3, 0.4) is 0 Å². The summed E-state index contributed by atoms with van der Waals surface area (Å²) in [5.74, 6) is -0.121. The van der Waals surface area contributed by atoms with Gasteiger partial charge in [0, 0.05) is 17.7 Å². The molecule has 1 fully saturated rings. The predicted octanol–water partition coefficient (Wildman–Crippen LogP) is 3.08. The molecular formula is C13H16BrN3O. The van der Waals surface area contributed by atoms with Gasteiger partial charge in [-0.1, -0.05) is 19.3 Å². The first kappa shape index (κ1) is 13.2. The van der Waals surface area contributed by atoms with Crippen LogP contribution in [0.1, 0.15) is 42.6 Å². The summed E-state index contributed by atoms with van der Waals surface area (Å²) in [6.07, 6.45) is 6.45. The Hall–Kier alpha value is -1.28. The third-order valence-corrected chi connectivity index (χ3v) is 4.17. The van der Waals surface area contributed by atoms with Crippen molar-refractivity contribution in [2.75, 3.05) is 7.05 Å². The fraction of sp³-hybridized carbons (Fsp3) is 0.538. The van der Waals surface area contributed by atoms with Crippen molar-refractivity contribution >= 4 is 21.8 Å². The fourth-order valence-electron chi connectivity index (χ4n) is 2.53. The van der Waals surface area contributed by atoms with Crippen molar-refractivity contribution in [3.05, 3.63) is 22.4 Å². The van der Waals surface area contributed by atoms with Crippen molar-refractivity contribution in [2.45, 2.75) is 37.6 Å². The molecule has 0 spiro atoms. The molecule has 0 unspecified atom stereocenters. The molecule has 18 heavy (non-hydrogen) atoms. The number of halogens is 1. The van der Waals surface area contributed by atoms with E-state index in [2.05, 4.69) is 27.0 Å². The Bertz CT molecular complexity index is 483. The number of aromatic amines is 1. The van der Waals surface area contributed by atoms with Crippen LogP contribution in [-0.4, -0.2) is 28.4 Å². The van der Waals surface area contributed by atoms with Crippen LogP contribution >= 0.6 is 15.9 Å². The van der Waals surface area contributed by atoms with Gasteiger partial charge in [0.2, 0.25) is 0 Å². The number of amides is 1. The number of nitriles is 1. The van der Waals surface area contributed by atoms with Gasteiger partial charge in [0.1, 0.15) is 11.2 Å². The number of carbonyl (C=O) groups excluding carboxylic acids is 1. The highest BCUT2D eigenvalue weighted by Crippen LogP contribution is 2.33. The summed E-state index contributed by atoms with van der Waals surface area (Å²) >= 11 is 3.31. The summed E-state index contributed by atoms with van der Waals surface area (Å²) in [4.78, 5) is 16.9. The average molecular weight is 310 g/mol. The van der Waals surface area contributed by atoms with E-state index in [-0.39, 0.29) is 5.91 Å². The van der Waals surface area contributed by atoms with Crippen molar-refractivity contribution in [3.8, 4) is 6.07 Å². The van der Waals surface area contributed by atoms with E-state index in [0.717, 1.165) is 36.6 Å². The lowest BCUT2D eigenvalue weighted by Gasteiger charge is -2.38. The van der Waals surface area contributed by atoms with E-state index in [9.17, 15) is 10.1 Å². The van der Waals surface area contributed by atoms with Crippen LogP contribution in [0.2, 0.25) is 0 Å². The van der Waals surface area contributed by atoms with Gasteiger partial charge in [-0.2, -0.15) is 5.26 Å². The van der Waals surface area contributed by atoms with Crippen molar-refractivity contribution in [1.29, 1.82) is 5.26 Å². The Kier molecular flexibility index (Phi) is 3.76. The zero-order chi connectivity index (χ0) is 13.2. The van der Waals surface area contributed by atoms with Crippen molar-refractivity contribution in [1.82, 2.24) is 9.88 Å². The number of aromatic nitrogens is 1. The van der Waals surface area contributed by atoms with E-state index in [1.165, 1.54) is 0 Å². The molecular weight excluding hydrogens is 294 g/mol. The summed E-state index contributed by atoms with van der Waals surface area (Å²) in [6.45, 7) is 0. The van der Waals surface area contributed by atoms with E-state index in [1.807, 2.05) is 0 Å². The quantitative estimate of drug-likeness (QED) is 0.912. The average Bonchev–Trinajstić information content (AvgIpc) is 2.84. The van der Waals surface area contributed by atoms with Gasteiger partial charge < -0.3 is 9.88 Å². The summed E-state index contributed by atoms with van der Waals surface area (Å²) in [7, 11) is 1.73. The minimum Gasteiger partial charge on any atom is -0.356 e. The maximum Gasteiger partial charge on any atom is 0.271 e. The fourth-order valence-corrected chi connectivity index (χ4v) is 2.87. The Balaban J connectivity index is 2.21. The molecule has 1 saturated carbocycles. The smallest absolute Gasteiger partial charge is 0.271 e. The first-order valence-electron chi connectivity index (χ1n) is 6.12. The Labute approximate surface area is 115 Å². The molecule has 0 aliphatic heterocycles. The van der Waals surface area contributed by atoms with E-state index in [1.54, 1.807) is 24.2 Å². The summed E-state index contributed by atoms with van der Waals surface area (Å²) in [5, 5.41) is 9.45. The molecule has 0 atom stereocenters. The van der Waals surface area contributed by atoms with Gasteiger partial charge in [0.25, 0.3) is 5.91 Å². The van der Waals surface area contributed by atoms with Gasteiger partial charge in [-0.05, 0) is 34.8 Å². The first-order valence-corrected chi connectivity index (χ1v) is 6.92. The molecule has 2 rings (SSSR count). The monoisotopic (exact) mass is 309 g/mol. The summed E-state index contributed by atoms with van der Waals surface area (Å²) in [5.41, 5.74) is -0.114. The topological polar surface area (TPSA) is 59.9 Å². The third-order valence-electron chi connectivity index (χ3n) is 3.71. The maximum atomic E-state index is 12.3. The number of hydrogen-bond acceptors (Lipinski definition) is 2. The zero-order valence-corrected chi connectivity index (χ0v) is 12.0. The van der Waals surface area contributed by atoms with Crippen LogP contribution < -0.4 is 0 Å². The Morgan fingerprint density at radius 3 is 2.67 bits per heavy atom. The largest absolute Gasteiger partial charge is 0.356 e. The van der Waals surface area contributed by atoms with Crippen LogP contribution in [0.4, 0.5) is 0 Å². The van der Waals surface area contributed by atoms with E-state index in [0.29, 0.717) is 5.69 Å². The minimum atomic E-state index is -0.632. The first-order chi connectivity index (χ1) is 8.59. The van der Waals surface area contributed by atoms with E-state index >= 15 is 0 Å². The number of nitrogens with one attached hydrogen (secondary N) is 1. The van der Waals surface area contributed by atoms with E-state index in [4.69, 9.17) is 0 Å². The van der Waals surface area contributed by atoms with Gasteiger partial charge >= 0.3 is 0 Å². The predicted molar refractivity (Wildman–Crippen MR) is 72.0 cm³/mol. The van der Waals surface area contributed by atoms with Crippen molar-refractivity contribution < 1.29 is 4.79 Å². The Morgan fingerprint density at radius 1 is 1.50 bits per heavy atom. The second-order valence-electron chi connectivity index (χ2n) is 4.80. The summed E-state index contributed by atoms with van der Waals surface area (Å²) in [6, 6.07) is 4.10. The SMILES string of the molecule is CN(C(=O)c1cc(Br)c[nH]1)C1(C#N)CCCCC1. The highest BCUT2D eigenvalue weighted by atomic mass is 79.9. The molecule has 5 heteroatoms. The highest BCUT2D eigenvalue weighted by Gasteiger charge is 2.39. The van der Waals surface area contributed by atoms with Gasteiger partial charge in [0.15, 0.2) is 0 Å². The highest BCUT2D eigenvalue weighted by molar-refractivity contribution is 9.10. The zero-order valence-electron chi connectivity index (χ0n) is 10.4. The summed E-state index contributed by atoms with van der Waals surface area (Å²) < 4.78 is 0.842. The Morgan fingerprint density at radius 2 is 2.17 bits per heavy atom. The van der Waals surface area contributed by atoms with Crippen molar-refractivity contribution in [3.63, 3.8) is 0 Å². The lowest BCUT2D eigenvalue weighted by molar-refractivity contribution is 0.0583. The molecule has 0 aromatic carbocycles. The van der Waals surface area contributed by atoms with Gasteiger partial charge in [-0.15, -0.1) is 0 Å². The minimum absolute atomic E-state index is 0.121. The molecule has 1 amide bonds. The van der Waals surface area contributed by atoms with E-state index < -0.39 is 5.54 Å². The molecule has 1 N–H and O–H groups in total. The van der Waals surface area contributed by atoms with Gasteiger partial charge in [0.05, 0.1) is 6.07 Å². The van der Waals surface area contributed by atoms with Crippen LogP contribution in [0.25, 0.3) is 0 Å². The van der Waals surface area contributed by atoms with Gasteiger partial charge in [-0.3, -0.25) is 4.79 Å². The standard InChI is InChI=1S/C13H16BrN3O/c1-17(12(18)11-7-10(14)8-16-11)13(9-15)5-3-2-4-6-13/h7-8,16H,2-6H2,1H3. The number of hydrogen-bond donors (Lipinski definition) is 1. The molecule has 1 aromatic rings. The number of carbonyl (C=O) groups is 1. The normalized spacial score (nSPS) is 18.1. The maximum absolute atomic E-state index is 12.3. The second-order valence-corrected chi connectivity index (χ2v) is 5.72. The van der Waals surface area contributed by atoms with Crippen LogP contribution in [0, 0.1) is 11.3 Å². The molecule has 0 bridgehead atoms. The van der Waals surface area contributed by atoms with Crippen molar-refractivity contribution in [2.24, 2.45) is 0 Å². The molecule has 1 heterocycles. The second kappa shape index (κ2) is 5.15. The molecule has 0 radical (unpaired) electrons. The van der Waals surface area contributed by atoms with Crippen LogP contribution in [0.5, 0.6) is 0 Å².